The lowest BCUT2D eigenvalue weighted by molar-refractivity contribution is 0.0952. The predicted octanol–water partition coefficient (Wildman–Crippen LogP) is 4.43. The first-order chi connectivity index (χ1) is 11.0. The summed E-state index contributed by atoms with van der Waals surface area (Å²) < 4.78 is 6.59. The molecular formula is C16H10Br2N2O3. The van der Waals surface area contributed by atoms with E-state index in [1.807, 2.05) is 24.3 Å². The van der Waals surface area contributed by atoms with Crippen LogP contribution in [0.3, 0.4) is 0 Å². The highest BCUT2D eigenvalue weighted by Gasteiger charge is 2.12. The van der Waals surface area contributed by atoms with E-state index in [2.05, 4.69) is 42.4 Å². The number of nitrogens with one attached hydrogen (secondary N) is 1. The van der Waals surface area contributed by atoms with Crippen molar-refractivity contribution in [2.24, 2.45) is 5.10 Å². The number of phenols is 1. The fraction of sp³-hybridized carbons (Fsp3) is 0. The molecule has 7 heteroatoms. The van der Waals surface area contributed by atoms with Gasteiger partial charge in [-0.1, -0.05) is 24.3 Å². The fourth-order valence-electron chi connectivity index (χ4n) is 2.05. The lowest BCUT2D eigenvalue weighted by Crippen LogP contribution is -2.17. The summed E-state index contributed by atoms with van der Waals surface area (Å²) in [6.07, 6.45) is 1.37. The van der Waals surface area contributed by atoms with Gasteiger partial charge in [-0.3, -0.25) is 4.79 Å². The molecule has 116 valence electrons. The molecule has 0 fully saturated rings. The predicted molar refractivity (Wildman–Crippen MR) is 94.8 cm³/mol. The number of hydrazone groups is 1. The highest BCUT2D eigenvalue weighted by atomic mass is 79.9. The molecule has 0 bridgehead atoms. The Morgan fingerprint density at radius 2 is 1.87 bits per heavy atom. The Balaban J connectivity index is 1.79. The summed E-state index contributed by atoms with van der Waals surface area (Å²) in [5.41, 5.74) is 2.52. The van der Waals surface area contributed by atoms with Crippen molar-refractivity contribution >= 4 is 54.8 Å². The average molecular weight is 438 g/mol. The van der Waals surface area contributed by atoms with E-state index >= 15 is 0 Å². The van der Waals surface area contributed by atoms with E-state index in [9.17, 15) is 9.90 Å². The minimum absolute atomic E-state index is 0.0973. The number of carbonyl (C=O) groups is 1. The minimum atomic E-state index is -0.505. The molecule has 0 unspecified atom stereocenters. The van der Waals surface area contributed by atoms with Crippen LogP contribution in [0.15, 0.2) is 61.1 Å². The highest BCUT2D eigenvalue weighted by Crippen LogP contribution is 2.26. The molecule has 3 aromatic rings. The standard InChI is InChI=1S/C16H10Br2N2O3/c17-13-7-11(23-15(13)18)8-19-20-16(22)12-5-9-3-1-2-4-10(9)6-14(12)21/h1-8,21H,(H,20,22). The third kappa shape index (κ3) is 3.46. The quantitative estimate of drug-likeness (QED) is 0.470. The number of hydrogen-bond donors (Lipinski definition) is 2. The second kappa shape index (κ2) is 6.55. The number of fused-ring (bicyclic) bond motifs is 1. The van der Waals surface area contributed by atoms with Crippen LogP contribution in [0.4, 0.5) is 0 Å². The third-order valence-corrected chi connectivity index (χ3v) is 4.84. The van der Waals surface area contributed by atoms with Crippen molar-refractivity contribution in [1.82, 2.24) is 5.43 Å². The van der Waals surface area contributed by atoms with E-state index < -0.39 is 5.91 Å². The van der Waals surface area contributed by atoms with Gasteiger partial charge in [0.15, 0.2) is 4.67 Å². The third-order valence-electron chi connectivity index (χ3n) is 3.13. The minimum Gasteiger partial charge on any atom is -0.507 e. The summed E-state index contributed by atoms with van der Waals surface area (Å²) in [6.45, 7) is 0. The van der Waals surface area contributed by atoms with Gasteiger partial charge < -0.3 is 9.52 Å². The zero-order chi connectivity index (χ0) is 16.4. The lowest BCUT2D eigenvalue weighted by atomic mass is 10.1. The Labute approximate surface area is 148 Å². The number of rotatable bonds is 3. The van der Waals surface area contributed by atoms with Crippen molar-refractivity contribution in [1.29, 1.82) is 0 Å². The van der Waals surface area contributed by atoms with Gasteiger partial charge >= 0.3 is 0 Å². The molecule has 2 N–H and O–H groups in total. The molecule has 5 nitrogen and oxygen atoms in total. The van der Waals surface area contributed by atoms with E-state index in [-0.39, 0.29) is 11.3 Å². The van der Waals surface area contributed by atoms with Gasteiger partial charge in [0.1, 0.15) is 11.5 Å². The topological polar surface area (TPSA) is 74.8 Å². The summed E-state index contributed by atoms with van der Waals surface area (Å²) in [5, 5.41) is 15.5. The number of nitrogens with zero attached hydrogens (tertiary/aromatic N) is 1. The van der Waals surface area contributed by atoms with E-state index in [4.69, 9.17) is 4.42 Å². The van der Waals surface area contributed by atoms with Crippen molar-refractivity contribution in [2.45, 2.75) is 0 Å². The molecule has 3 rings (SSSR count). The number of halogens is 2. The van der Waals surface area contributed by atoms with E-state index in [1.165, 1.54) is 6.21 Å². The molecule has 0 radical (unpaired) electrons. The first-order valence-corrected chi connectivity index (χ1v) is 8.13. The van der Waals surface area contributed by atoms with Crippen LogP contribution < -0.4 is 5.43 Å². The number of aromatic hydroxyl groups is 1. The molecule has 0 aliphatic heterocycles. The Bertz CT molecular complexity index is 899. The molecule has 0 aliphatic carbocycles. The van der Waals surface area contributed by atoms with Crippen molar-refractivity contribution < 1.29 is 14.3 Å². The smallest absolute Gasteiger partial charge is 0.275 e. The number of benzene rings is 2. The SMILES string of the molecule is O=C(NN=Cc1cc(Br)c(Br)o1)c1cc2ccccc2cc1O. The van der Waals surface area contributed by atoms with Gasteiger partial charge in [-0.05, 0) is 54.8 Å². The lowest BCUT2D eigenvalue weighted by Gasteiger charge is -2.05. The average Bonchev–Trinajstić information content (AvgIpc) is 2.84. The van der Waals surface area contributed by atoms with Crippen LogP contribution in [0.2, 0.25) is 0 Å². The van der Waals surface area contributed by atoms with Crippen molar-refractivity contribution in [3.8, 4) is 5.75 Å². The maximum Gasteiger partial charge on any atom is 0.275 e. The zero-order valence-corrected chi connectivity index (χ0v) is 14.8. The van der Waals surface area contributed by atoms with Gasteiger partial charge in [-0.15, -0.1) is 0 Å². The van der Waals surface area contributed by atoms with Gasteiger partial charge in [0.25, 0.3) is 5.91 Å². The van der Waals surface area contributed by atoms with Crippen LogP contribution in [-0.4, -0.2) is 17.2 Å². The number of amides is 1. The van der Waals surface area contributed by atoms with E-state index in [1.54, 1.807) is 18.2 Å². The van der Waals surface area contributed by atoms with Crippen LogP contribution >= 0.6 is 31.9 Å². The van der Waals surface area contributed by atoms with Gasteiger partial charge in [0, 0.05) is 6.07 Å². The summed E-state index contributed by atoms with van der Waals surface area (Å²) >= 11 is 6.49. The van der Waals surface area contributed by atoms with Crippen molar-refractivity contribution in [3.63, 3.8) is 0 Å². The van der Waals surface area contributed by atoms with Gasteiger partial charge in [0.2, 0.25) is 0 Å². The van der Waals surface area contributed by atoms with Crippen LogP contribution in [-0.2, 0) is 0 Å². The molecule has 1 aromatic heterocycles. The molecule has 1 amide bonds. The molecule has 1 heterocycles. The van der Waals surface area contributed by atoms with Crippen LogP contribution in [0.5, 0.6) is 5.75 Å². The van der Waals surface area contributed by atoms with E-state index in [0.29, 0.717) is 10.4 Å². The first-order valence-electron chi connectivity index (χ1n) is 6.54. The van der Waals surface area contributed by atoms with E-state index in [0.717, 1.165) is 15.2 Å². The molecule has 0 spiro atoms. The van der Waals surface area contributed by atoms with Gasteiger partial charge in [-0.25, -0.2) is 5.43 Å². The summed E-state index contributed by atoms with van der Waals surface area (Å²) in [4.78, 5) is 12.1. The molecule has 0 saturated carbocycles. The number of carbonyl (C=O) groups excluding carboxylic acids is 1. The highest BCUT2D eigenvalue weighted by molar-refractivity contribution is 9.13. The largest absolute Gasteiger partial charge is 0.507 e. The molecular weight excluding hydrogens is 428 g/mol. The Morgan fingerprint density at radius 3 is 2.52 bits per heavy atom. The summed E-state index contributed by atoms with van der Waals surface area (Å²) in [5.74, 6) is -0.138. The number of furan rings is 1. The van der Waals surface area contributed by atoms with Crippen molar-refractivity contribution in [3.05, 3.63) is 62.9 Å². The molecule has 0 saturated heterocycles. The Morgan fingerprint density at radius 1 is 1.17 bits per heavy atom. The second-order valence-corrected chi connectivity index (χ2v) is 6.26. The van der Waals surface area contributed by atoms with Crippen LogP contribution in [0.25, 0.3) is 10.8 Å². The number of hydrogen-bond acceptors (Lipinski definition) is 4. The van der Waals surface area contributed by atoms with Gasteiger partial charge in [0.05, 0.1) is 16.3 Å². The second-order valence-electron chi connectivity index (χ2n) is 4.69. The van der Waals surface area contributed by atoms with Crippen molar-refractivity contribution in [2.75, 3.05) is 0 Å². The monoisotopic (exact) mass is 436 g/mol. The Hall–Kier alpha value is -2.12. The van der Waals surface area contributed by atoms with Gasteiger partial charge in [-0.2, -0.15) is 5.10 Å². The summed E-state index contributed by atoms with van der Waals surface area (Å²) in [7, 11) is 0. The molecule has 0 aliphatic rings. The molecule has 0 atom stereocenters. The molecule has 2 aromatic carbocycles. The maximum absolute atomic E-state index is 12.1. The fourth-order valence-corrected chi connectivity index (χ4v) is 2.66. The van der Waals surface area contributed by atoms with Crippen LogP contribution in [0.1, 0.15) is 16.1 Å². The molecule has 23 heavy (non-hydrogen) atoms. The number of phenolic OH excluding ortho intramolecular Hbond substituents is 1. The first kappa shape index (κ1) is 15.8. The summed E-state index contributed by atoms with van der Waals surface area (Å²) in [6, 6.07) is 12.3. The normalized spacial score (nSPS) is 11.2. The zero-order valence-electron chi connectivity index (χ0n) is 11.6. The maximum atomic E-state index is 12.1. The Kier molecular flexibility index (Phi) is 4.49. The van der Waals surface area contributed by atoms with Crippen LogP contribution in [0, 0.1) is 0 Å².